The first-order valence-corrected chi connectivity index (χ1v) is 25.2. The predicted molar refractivity (Wildman–Crippen MR) is 297 cm³/mol. The molecule has 10 aromatic rings. The molecule has 0 saturated carbocycles. The van der Waals surface area contributed by atoms with Crippen molar-refractivity contribution in [2.45, 2.75) is 37.0 Å². The Labute approximate surface area is 417 Å². The fourth-order valence-corrected chi connectivity index (χ4v) is 13.0. The Kier molecular flexibility index (Phi) is 9.35. The Morgan fingerprint density at radius 1 is 0.366 bits per heavy atom. The van der Waals surface area contributed by atoms with E-state index in [0.29, 0.717) is 0 Å². The second-order valence-corrected chi connectivity index (χ2v) is 20.3. The van der Waals surface area contributed by atoms with E-state index in [9.17, 15) is 0 Å². The van der Waals surface area contributed by atoms with E-state index in [2.05, 4.69) is 274 Å². The summed E-state index contributed by atoms with van der Waals surface area (Å²) in [6.45, 7) is 4.73. The molecule has 0 N–H and O–H groups in total. The quantitative estimate of drug-likeness (QED) is 0.154. The molecular weight excluding hydrogens is 855 g/mol. The number of benzene rings is 10. The highest BCUT2D eigenvalue weighted by Gasteiger charge is 2.52. The minimum absolute atomic E-state index is 0.0922. The van der Waals surface area contributed by atoms with Gasteiger partial charge in [-0.2, -0.15) is 0 Å². The smallest absolute Gasteiger partial charge is 0.0725 e. The molecule has 14 rings (SSSR count). The molecule has 1 heteroatoms. The first-order chi connectivity index (χ1) is 35.0. The minimum Gasteiger partial charge on any atom is -0.310 e. The number of para-hydroxylation sites is 1. The van der Waals surface area contributed by atoms with Crippen LogP contribution < -0.4 is 4.90 Å². The number of allylic oxidation sites excluding steroid dienone is 4. The van der Waals surface area contributed by atoms with E-state index < -0.39 is 5.41 Å². The van der Waals surface area contributed by atoms with E-state index in [-0.39, 0.29) is 11.3 Å². The summed E-state index contributed by atoms with van der Waals surface area (Å²) in [6.07, 6.45) is 5.86. The van der Waals surface area contributed by atoms with Crippen molar-refractivity contribution >= 4 is 28.2 Å². The predicted octanol–water partition coefficient (Wildman–Crippen LogP) is 18.1. The van der Waals surface area contributed by atoms with Crippen LogP contribution >= 0.6 is 0 Å². The number of nitrogens with zero attached hydrogens (tertiary/aromatic N) is 1. The maximum atomic E-state index is 2.57. The van der Waals surface area contributed by atoms with Crippen LogP contribution in [0.1, 0.15) is 76.3 Å². The van der Waals surface area contributed by atoms with Gasteiger partial charge in [0.25, 0.3) is 0 Å². The summed E-state index contributed by atoms with van der Waals surface area (Å²) in [5.74, 6) is 0.254. The van der Waals surface area contributed by atoms with Crippen LogP contribution in [0.4, 0.5) is 17.1 Å². The van der Waals surface area contributed by atoms with Crippen molar-refractivity contribution in [3.8, 4) is 44.5 Å². The molecule has 0 radical (unpaired) electrons. The number of fused-ring (bicyclic) bond motifs is 13. The van der Waals surface area contributed by atoms with Crippen molar-refractivity contribution in [3.05, 3.63) is 305 Å². The van der Waals surface area contributed by atoms with Crippen LogP contribution in [0.3, 0.4) is 0 Å². The molecule has 0 amide bonds. The summed E-state index contributed by atoms with van der Waals surface area (Å²) in [5, 5.41) is 0. The molecule has 1 spiro atoms. The third-order valence-corrected chi connectivity index (χ3v) is 16.2. The topological polar surface area (TPSA) is 3.24 Å². The van der Waals surface area contributed by atoms with E-state index in [4.69, 9.17) is 0 Å². The standard InChI is InChI=1S/C70H51N/c1-69(2)62-30-16-12-29-58(62)60-44-53(35-38-63(60)69)71(68-33-19-15-26-55(68)48-24-10-5-11-25-48)54-36-39-66-61(45-54)59-37-34-49(43-67(59)70(66)64-31-17-13-27-56(64)57-28-14-18-32-65(57)70)52-41-50(46-20-6-3-7-21-46)40-51(42-52)47-22-8-4-9-23-47/h3-41,43-45,51H,42H2,1-2H3. The summed E-state index contributed by atoms with van der Waals surface area (Å²) < 4.78 is 0. The summed E-state index contributed by atoms with van der Waals surface area (Å²) in [5.41, 5.74) is 27.6. The third-order valence-electron chi connectivity index (χ3n) is 16.2. The van der Waals surface area contributed by atoms with Crippen molar-refractivity contribution in [3.63, 3.8) is 0 Å². The molecule has 10 aromatic carbocycles. The van der Waals surface area contributed by atoms with Gasteiger partial charge in [0.2, 0.25) is 0 Å². The molecule has 71 heavy (non-hydrogen) atoms. The molecule has 1 nitrogen and oxygen atoms in total. The van der Waals surface area contributed by atoms with Gasteiger partial charge in [0.15, 0.2) is 0 Å². The van der Waals surface area contributed by atoms with Crippen molar-refractivity contribution in [1.82, 2.24) is 0 Å². The van der Waals surface area contributed by atoms with Crippen LogP contribution in [0.15, 0.2) is 255 Å². The van der Waals surface area contributed by atoms with Gasteiger partial charge in [0, 0.05) is 28.3 Å². The van der Waals surface area contributed by atoms with Gasteiger partial charge in [-0.1, -0.05) is 232 Å². The highest BCUT2D eigenvalue weighted by molar-refractivity contribution is 5.99. The van der Waals surface area contributed by atoms with Crippen LogP contribution in [0.25, 0.3) is 55.7 Å². The molecule has 336 valence electrons. The first kappa shape index (κ1) is 41.5. The second kappa shape index (κ2) is 16.0. The number of rotatable bonds is 7. The summed E-state index contributed by atoms with van der Waals surface area (Å²) in [6, 6.07) is 91.0. The lowest BCUT2D eigenvalue weighted by Crippen LogP contribution is -2.26. The molecule has 0 aliphatic heterocycles. The Bertz CT molecular complexity index is 3770. The molecule has 1 atom stereocenters. The van der Waals surface area contributed by atoms with E-state index in [1.54, 1.807) is 0 Å². The molecular formula is C70H51N. The van der Waals surface area contributed by atoms with Gasteiger partial charge >= 0.3 is 0 Å². The fraction of sp³-hybridized carbons (Fsp3) is 0.0857. The zero-order valence-corrected chi connectivity index (χ0v) is 40.0. The van der Waals surface area contributed by atoms with Crippen molar-refractivity contribution in [2.24, 2.45) is 0 Å². The van der Waals surface area contributed by atoms with Crippen LogP contribution in [0.5, 0.6) is 0 Å². The molecule has 4 aliphatic carbocycles. The minimum atomic E-state index is -0.506. The van der Waals surface area contributed by atoms with Gasteiger partial charge in [-0.25, -0.2) is 0 Å². The summed E-state index contributed by atoms with van der Waals surface area (Å²) >= 11 is 0. The van der Waals surface area contributed by atoms with Gasteiger partial charge in [0.05, 0.1) is 11.1 Å². The average molecular weight is 906 g/mol. The lowest BCUT2D eigenvalue weighted by atomic mass is 9.70. The maximum absolute atomic E-state index is 2.57. The molecule has 1 unspecified atom stereocenters. The molecule has 0 bridgehead atoms. The van der Waals surface area contributed by atoms with Gasteiger partial charge < -0.3 is 4.90 Å². The Morgan fingerprint density at radius 3 is 1.51 bits per heavy atom. The first-order valence-electron chi connectivity index (χ1n) is 25.2. The monoisotopic (exact) mass is 905 g/mol. The van der Waals surface area contributed by atoms with Crippen molar-refractivity contribution in [2.75, 3.05) is 4.90 Å². The van der Waals surface area contributed by atoms with E-state index in [1.807, 2.05) is 0 Å². The van der Waals surface area contributed by atoms with E-state index in [0.717, 1.165) is 23.5 Å². The van der Waals surface area contributed by atoms with Crippen LogP contribution in [0.2, 0.25) is 0 Å². The highest BCUT2D eigenvalue weighted by atomic mass is 15.1. The van der Waals surface area contributed by atoms with Crippen molar-refractivity contribution in [1.29, 1.82) is 0 Å². The van der Waals surface area contributed by atoms with Crippen LogP contribution in [-0.2, 0) is 10.8 Å². The molecule has 0 saturated heterocycles. The maximum Gasteiger partial charge on any atom is 0.0725 e. The van der Waals surface area contributed by atoms with Crippen LogP contribution in [-0.4, -0.2) is 0 Å². The molecule has 0 fully saturated rings. The van der Waals surface area contributed by atoms with Gasteiger partial charge in [0.1, 0.15) is 0 Å². The Morgan fingerprint density at radius 2 is 0.845 bits per heavy atom. The largest absolute Gasteiger partial charge is 0.310 e. The number of hydrogen-bond acceptors (Lipinski definition) is 1. The van der Waals surface area contributed by atoms with Crippen molar-refractivity contribution < 1.29 is 0 Å². The Balaban J connectivity index is 0.998. The lowest BCUT2D eigenvalue weighted by Gasteiger charge is -2.32. The van der Waals surface area contributed by atoms with E-state index >= 15 is 0 Å². The Hall–Kier alpha value is -8.52. The number of anilines is 3. The normalized spacial score (nSPS) is 15.9. The fourth-order valence-electron chi connectivity index (χ4n) is 13.0. The van der Waals surface area contributed by atoms with Crippen LogP contribution in [0, 0.1) is 0 Å². The lowest BCUT2D eigenvalue weighted by molar-refractivity contribution is 0.660. The zero-order valence-electron chi connectivity index (χ0n) is 40.0. The molecule has 0 aromatic heterocycles. The third kappa shape index (κ3) is 6.25. The molecule has 4 aliphatic rings. The second-order valence-electron chi connectivity index (χ2n) is 20.3. The highest BCUT2D eigenvalue weighted by Crippen LogP contribution is 2.64. The van der Waals surface area contributed by atoms with Gasteiger partial charge in [-0.15, -0.1) is 0 Å². The zero-order chi connectivity index (χ0) is 47.3. The SMILES string of the molecule is CC1(C)c2ccccc2-c2cc(N(c3ccc4c(c3)-c3ccc(C5=CC(c6ccccc6)=CC(c6ccccc6)C5)cc3C43c4ccccc4-c4ccccc43)c3ccccc3-c3ccccc3)ccc21. The van der Waals surface area contributed by atoms with Gasteiger partial charge in [-0.3, -0.25) is 0 Å². The van der Waals surface area contributed by atoms with Gasteiger partial charge in [-0.05, 0) is 143 Å². The average Bonchev–Trinajstić information content (AvgIpc) is 3.99. The molecule has 0 heterocycles. The summed E-state index contributed by atoms with van der Waals surface area (Å²) in [7, 11) is 0. The number of hydrogen-bond donors (Lipinski definition) is 0. The van der Waals surface area contributed by atoms with E-state index in [1.165, 1.54) is 106 Å². The summed E-state index contributed by atoms with van der Waals surface area (Å²) in [4.78, 5) is 2.51.